The van der Waals surface area contributed by atoms with E-state index >= 15 is 0 Å². The molecule has 2 nitrogen and oxygen atoms in total. The summed E-state index contributed by atoms with van der Waals surface area (Å²) in [5.41, 5.74) is 7.35. The normalized spacial score (nSPS) is 32.9. The van der Waals surface area contributed by atoms with E-state index in [1.807, 2.05) is 6.07 Å². The zero-order chi connectivity index (χ0) is 11.8. The third kappa shape index (κ3) is 2.21. The van der Waals surface area contributed by atoms with Crippen LogP contribution in [0.5, 0.6) is 0 Å². The maximum absolute atomic E-state index is 6.30. The van der Waals surface area contributed by atoms with Gasteiger partial charge in [-0.25, -0.2) is 0 Å². The fourth-order valence-corrected chi connectivity index (χ4v) is 4.06. The predicted octanol–water partition coefficient (Wildman–Crippen LogP) is 3.56. The number of hydrogen-bond acceptors (Lipinski definition) is 2. The number of nitrogens with zero attached hydrogens (tertiary/aromatic N) is 1. The minimum atomic E-state index is 0.0786. The number of aromatic nitrogens is 1. The fourth-order valence-electron chi connectivity index (χ4n) is 3.80. The molecule has 0 aliphatic heterocycles. The molecule has 2 bridgehead atoms. The van der Waals surface area contributed by atoms with Gasteiger partial charge in [0.05, 0.1) is 5.02 Å². The standard InChI is InChI=1S/C14H19ClN2/c15-13-8-17-4-3-12(13)14(16)7-11-6-9-1-2-10(11)5-9/h3-4,8-11,14H,1-2,5-7,16H2. The Hall–Kier alpha value is -0.600. The molecule has 3 heteroatoms. The minimum absolute atomic E-state index is 0.0786. The van der Waals surface area contributed by atoms with Crippen molar-refractivity contribution in [2.24, 2.45) is 23.5 Å². The van der Waals surface area contributed by atoms with E-state index in [1.165, 1.54) is 25.7 Å². The van der Waals surface area contributed by atoms with Crippen LogP contribution in [0, 0.1) is 17.8 Å². The van der Waals surface area contributed by atoms with Crippen molar-refractivity contribution in [3.05, 3.63) is 29.0 Å². The molecule has 2 aliphatic carbocycles. The van der Waals surface area contributed by atoms with E-state index in [0.717, 1.165) is 29.7 Å². The summed E-state index contributed by atoms with van der Waals surface area (Å²) >= 11 is 6.14. The van der Waals surface area contributed by atoms with Crippen LogP contribution in [0.3, 0.4) is 0 Å². The summed E-state index contributed by atoms with van der Waals surface area (Å²) in [7, 11) is 0. The quantitative estimate of drug-likeness (QED) is 0.891. The molecule has 2 fully saturated rings. The monoisotopic (exact) mass is 250 g/mol. The van der Waals surface area contributed by atoms with Gasteiger partial charge in [0.2, 0.25) is 0 Å². The van der Waals surface area contributed by atoms with Gasteiger partial charge in [-0.15, -0.1) is 0 Å². The molecule has 17 heavy (non-hydrogen) atoms. The van der Waals surface area contributed by atoms with Crippen LogP contribution >= 0.6 is 11.6 Å². The Bertz CT molecular complexity index is 407. The summed E-state index contributed by atoms with van der Waals surface area (Å²) in [6.45, 7) is 0. The van der Waals surface area contributed by atoms with Gasteiger partial charge in [-0.2, -0.15) is 0 Å². The zero-order valence-corrected chi connectivity index (χ0v) is 10.7. The summed E-state index contributed by atoms with van der Waals surface area (Å²) in [5, 5.41) is 0.711. The van der Waals surface area contributed by atoms with Gasteiger partial charge in [-0.1, -0.05) is 18.0 Å². The van der Waals surface area contributed by atoms with Gasteiger partial charge in [0.1, 0.15) is 0 Å². The van der Waals surface area contributed by atoms with Gasteiger partial charge < -0.3 is 5.73 Å². The van der Waals surface area contributed by atoms with Gasteiger partial charge in [0.25, 0.3) is 0 Å². The van der Waals surface area contributed by atoms with Crippen LogP contribution in [0.1, 0.15) is 43.7 Å². The molecule has 92 valence electrons. The lowest BCUT2D eigenvalue weighted by molar-refractivity contribution is 0.296. The van der Waals surface area contributed by atoms with E-state index in [2.05, 4.69) is 4.98 Å². The summed E-state index contributed by atoms with van der Waals surface area (Å²) in [4.78, 5) is 4.01. The number of nitrogens with two attached hydrogens (primary N) is 1. The highest BCUT2D eigenvalue weighted by atomic mass is 35.5. The van der Waals surface area contributed by atoms with Crippen molar-refractivity contribution >= 4 is 11.6 Å². The van der Waals surface area contributed by atoms with Crippen molar-refractivity contribution in [3.63, 3.8) is 0 Å². The lowest BCUT2D eigenvalue weighted by atomic mass is 9.83. The predicted molar refractivity (Wildman–Crippen MR) is 69.7 cm³/mol. The SMILES string of the molecule is NC(CC1CC2CCC1C2)c1ccncc1Cl. The maximum atomic E-state index is 6.30. The molecule has 2 saturated carbocycles. The molecule has 1 aromatic rings. The lowest BCUT2D eigenvalue weighted by Gasteiger charge is -2.25. The molecule has 4 unspecified atom stereocenters. The third-order valence-corrected chi connectivity index (χ3v) is 4.96. The van der Waals surface area contributed by atoms with Crippen LogP contribution in [0.25, 0.3) is 0 Å². The summed E-state index contributed by atoms with van der Waals surface area (Å²) in [6.07, 6.45) is 10.3. The van der Waals surface area contributed by atoms with Crippen LogP contribution in [0.2, 0.25) is 5.02 Å². The zero-order valence-electron chi connectivity index (χ0n) is 9.98. The van der Waals surface area contributed by atoms with E-state index in [0.29, 0.717) is 5.02 Å². The second-order valence-electron chi connectivity index (χ2n) is 5.67. The summed E-state index contributed by atoms with van der Waals surface area (Å²) in [5.74, 6) is 2.75. The van der Waals surface area contributed by atoms with E-state index < -0.39 is 0 Å². The van der Waals surface area contributed by atoms with E-state index in [9.17, 15) is 0 Å². The number of halogens is 1. The third-order valence-electron chi connectivity index (χ3n) is 4.64. The number of fused-ring (bicyclic) bond motifs is 2. The first-order valence-electron chi connectivity index (χ1n) is 6.59. The van der Waals surface area contributed by atoms with Gasteiger partial charge in [0, 0.05) is 18.4 Å². The number of rotatable bonds is 3. The second kappa shape index (κ2) is 4.58. The van der Waals surface area contributed by atoms with Crippen LogP contribution in [-0.2, 0) is 0 Å². The smallest absolute Gasteiger partial charge is 0.0637 e. The Balaban J connectivity index is 1.68. The molecule has 0 spiro atoms. The first-order chi connectivity index (χ1) is 8.24. The van der Waals surface area contributed by atoms with Crippen LogP contribution < -0.4 is 5.73 Å². The first kappa shape index (κ1) is 11.5. The molecule has 0 radical (unpaired) electrons. The topological polar surface area (TPSA) is 38.9 Å². The van der Waals surface area contributed by atoms with E-state index in [4.69, 9.17) is 17.3 Å². The molecule has 0 saturated heterocycles. The number of pyridine rings is 1. The van der Waals surface area contributed by atoms with Crippen LogP contribution in [0.4, 0.5) is 0 Å². The summed E-state index contributed by atoms with van der Waals surface area (Å²) in [6, 6.07) is 2.04. The van der Waals surface area contributed by atoms with Crippen LogP contribution in [0.15, 0.2) is 18.5 Å². The maximum Gasteiger partial charge on any atom is 0.0637 e. The Kier molecular flexibility index (Phi) is 3.10. The molecule has 3 rings (SSSR count). The van der Waals surface area contributed by atoms with Crippen molar-refractivity contribution in [1.82, 2.24) is 4.98 Å². The second-order valence-corrected chi connectivity index (χ2v) is 6.08. The molecule has 1 aromatic heterocycles. The number of hydrogen-bond donors (Lipinski definition) is 1. The Morgan fingerprint density at radius 1 is 1.41 bits per heavy atom. The molecule has 4 atom stereocenters. The molecule has 1 heterocycles. The average Bonchev–Trinajstić information content (AvgIpc) is 2.91. The molecule has 0 amide bonds. The highest BCUT2D eigenvalue weighted by molar-refractivity contribution is 6.31. The largest absolute Gasteiger partial charge is 0.324 e. The summed E-state index contributed by atoms with van der Waals surface area (Å²) < 4.78 is 0. The van der Waals surface area contributed by atoms with E-state index in [1.54, 1.807) is 12.4 Å². The fraction of sp³-hybridized carbons (Fsp3) is 0.643. The molecular formula is C14H19ClN2. The van der Waals surface area contributed by atoms with Gasteiger partial charge >= 0.3 is 0 Å². The highest BCUT2D eigenvalue weighted by Gasteiger charge is 2.39. The van der Waals surface area contributed by atoms with Gasteiger partial charge in [0.15, 0.2) is 0 Å². The Labute approximate surface area is 108 Å². The van der Waals surface area contributed by atoms with Crippen molar-refractivity contribution in [3.8, 4) is 0 Å². The van der Waals surface area contributed by atoms with Crippen molar-refractivity contribution < 1.29 is 0 Å². The Morgan fingerprint density at radius 3 is 2.94 bits per heavy atom. The van der Waals surface area contributed by atoms with Crippen molar-refractivity contribution in [2.45, 2.75) is 38.1 Å². The molecule has 2 N–H and O–H groups in total. The first-order valence-corrected chi connectivity index (χ1v) is 6.97. The molecule has 2 aliphatic rings. The average molecular weight is 251 g/mol. The molecular weight excluding hydrogens is 232 g/mol. The molecule has 0 aromatic carbocycles. The van der Waals surface area contributed by atoms with Crippen LogP contribution in [-0.4, -0.2) is 4.98 Å². The van der Waals surface area contributed by atoms with Gasteiger partial charge in [-0.05, 0) is 55.1 Å². The lowest BCUT2D eigenvalue weighted by Crippen LogP contribution is -2.19. The van der Waals surface area contributed by atoms with Gasteiger partial charge in [-0.3, -0.25) is 4.98 Å². The van der Waals surface area contributed by atoms with Crippen molar-refractivity contribution in [1.29, 1.82) is 0 Å². The Morgan fingerprint density at radius 2 is 2.29 bits per heavy atom. The highest BCUT2D eigenvalue weighted by Crippen LogP contribution is 2.50. The van der Waals surface area contributed by atoms with E-state index in [-0.39, 0.29) is 6.04 Å². The minimum Gasteiger partial charge on any atom is -0.324 e. The van der Waals surface area contributed by atoms with Crippen molar-refractivity contribution in [2.75, 3.05) is 0 Å².